The number of anilines is 1. The molecule has 0 aromatic carbocycles. The Labute approximate surface area is 203 Å². The number of alkyl carbamates (subject to hydrolysis) is 1. The van der Waals surface area contributed by atoms with E-state index in [0.717, 1.165) is 87.9 Å². The molecule has 0 atom stereocenters. The maximum Gasteiger partial charge on any atom is 0.407 e. The minimum absolute atomic E-state index is 0.0154. The van der Waals surface area contributed by atoms with Crippen LogP contribution in [0.2, 0.25) is 0 Å². The van der Waals surface area contributed by atoms with Crippen molar-refractivity contribution in [1.82, 2.24) is 15.2 Å². The van der Waals surface area contributed by atoms with Crippen LogP contribution in [0.15, 0.2) is 6.20 Å². The summed E-state index contributed by atoms with van der Waals surface area (Å²) < 4.78 is 16.7. The third kappa shape index (κ3) is 5.77. The number of fused-ring (bicyclic) bond motifs is 1. The summed E-state index contributed by atoms with van der Waals surface area (Å²) in [4.78, 5) is 22.0. The van der Waals surface area contributed by atoms with E-state index in [1.807, 2.05) is 6.20 Å². The molecular formula is C26H40N4O4. The van der Waals surface area contributed by atoms with Crippen LogP contribution in [0, 0.1) is 12.8 Å². The molecule has 2 saturated heterocycles. The van der Waals surface area contributed by atoms with Crippen LogP contribution in [0.25, 0.3) is 0 Å². The van der Waals surface area contributed by atoms with Crippen molar-refractivity contribution in [2.45, 2.75) is 70.4 Å². The number of hydrogen-bond acceptors (Lipinski definition) is 7. The lowest BCUT2D eigenvalue weighted by molar-refractivity contribution is 0.000273. The monoisotopic (exact) mass is 472 g/mol. The van der Waals surface area contributed by atoms with Gasteiger partial charge in [-0.15, -0.1) is 0 Å². The molecule has 4 heterocycles. The number of aryl methyl sites for hydroxylation is 1. The molecule has 0 radical (unpaired) electrons. The lowest BCUT2D eigenvalue weighted by atomic mass is 9.84. The number of carbonyl (C=O) groups is 1. The average Bonchev–Trinajstić information content (AvgIpc) is 3.36. The first-order valence-electron chi connectivity index (χ1n) is 13.3. The second-order valence-corrected chi connectivity index (χ2v) is 10.4. The standard InChI is InChI=1S/C26H40N4O4/c1-19-18-27-25(23-9-17-33-24(19)23)30-13-11-29(12-14-30)10-6-20-2-4-21(5-3-20)28-26(31)34-22-7-15-32-16-8-22/h18,20-22H,2-17H2,1H3,(H,28,31). The first-order valence-corrected chi connectivity index (χ1v) is 13.3. The van der Waals surface area contributed by atoms with Gasteiger partial charge in [-0.25, -0.2) is 9.78 Å². The largest absolute Gasteiger partial charge is 0.492 e. The minimum atomic E-state index is -0.242. The van der Waals surface area contributed by atoms with E-state index in [9.17, 15) is 4.79 Å². The van der Waals surface area contributed by atoms with Crippen molar-refractivity contribution in [3.63, 3.8) is 0 Å². The predicted octanol–water partition coefficient (Wildman–Crippen LogP) is 3.30. The van der Waals surface area contributed by atoms with Crippen LogP contribution in [0.1, 0.15) is 56.1 Å². The third-order valence-electron chi connectivity index (χ3n) is 8.02. The summed E-state index contributed by atoms with van der Waals surface area (Å²) >= 11 is 0. The second-order valence-electron chi connectivity index (χ2n) is 10.4. The molecule has 5 rings (SSSR count). The fourth-order valence-electron chi connectivity index (χ4n) is 5.88. The van der Waals surface area contributed by atoms with Crippen LogP contribution < -0.4 is 15.0 Å². The summed E-state index contributed by atoms with van der Waals surface area (Å²) in [5, 5.41) is 3.10. The Bertz CT molecular complexity index is 828. The van der Waals surface area contributed by atoms with Gasteiger partial charge in [-0.1, -0.05) is 0 Å². The van der Waals surface area contributed by atoms with Crippen molar-refractivity contribution in [3.05, 3.63) is 17.3 Å². The van der Waals surface area contributed by atoms with Crippen molar-refractivity contribution >= 4 is 11.9 Å². The summed E-state index contributed by atoms with van der Waals surface area (Å²) in [5.41, 5.74) is 2.45. The normalized spacial score (nSPS) is 26.1. The second kappa shape index (κ2) is 11.1. The zero-order chi connectivity index (χ0) is 23.3. The number of pyridine rings is 1. The number of hydrogen-bond donors (Lipinski definition) is 1. The molecule has 1 aromatic rings. The number of carbonyl (C=O) groups excluding carboxylic acids is 1. The van der Waals surface area contributed by atoms with Crippen LogP contribution in [-0.4, -0.2) is 80.7 Å². The highest BCUT2D eigenvalue weighted by Gasteiger charge is 2.28. The molecule has 8 heteroatoms. The van der Waals surface area contributed by atoms with Gasteiger partial charge in [-0.05, 0) is 51.5 Å². The smallest absolute Gasteiger partial charge is 0.407 e. The van der Waals surface area contributed by atoms with Crippen LogP contribution in [0.3, 0.4) is 0 Å². The van der Waals surface area contributed by atoms with E-state index in [-0.39, 0.29) is 18.2 Å². The number of ether oxygens (including phenoxy) is 3. The van der Waals surface area contributed by atoms with E-state index in [4.69, 9.17) is 19.2 Å². The molecule has 0 spiro atoms. The van der Waals surface area contributed by atoms with Crippen LogP contribution in [0.5, 0.6) is 5.75 Å². The van der Waals surface area contributed by atoms with Gasteiger partial charge in [-0.2, -0.15) is 0 Å². The molecule has 0 unspecified atom stereocenters. The number of piperazine rings is 1. The molecule has 4 aliphatic rings. The Morgan fingerprint density at radius 1 is 1.09 bits per heavy atom. The van der Waals surface area contributed by atoms with Gasteiger partial charge in [0.1, 0.15) is 17.7 Å². The Balaban J connectivity index is 0.991. The zero-order valence-electron chi connectivity index (χ0n) is 20.6. The summed E-state index contributed by atoms with van der Waals surface area (Å²) in [7, 11) is 0. The number of rotatable bonds is 6. The molecular weight excluding hydrogens is 432 g/mol. The maximum atomic E-state index is 12.2. The Morgan fingerprint density at radius 2 is 1.85 bits per heavy atom. The van der Waals surface area contributed by atoms with Gasteiger partial charge in [0, 0.05) is 68.8 Å². The van der Waals surface area contributed by atoms with Crippen molar-refractivity contribution in [2.75, 3.05) is 57.4 Å². The van der Waals surface area contributed by atoms with Crippen LogP contribution in [0.4, 0.5) is 10.6 Å². The number of nitrogens with one attached hydrogen (secondary N) is 1. The molecule has 34 heavy (non-hydrogen) atoms. The van der Waals surface area contributed by atoms with E-state index >= 15 is 0 Å². The van der Waals surface area contributed by atoms with Gasteiger partial charge in [0.2, 0.25) is 0 Å². The first kappa shape index (κ1) is 23.7. The maximum absolute atomic E-state index is 12.2. The number of nitrogens with zero attached hydrogens (tertiary/aromatic N) is 3. The lowest BCUT2D eigenvalue weighted by Crippen LogP contribution is -2.47. The quantitative estimate of drug-likeness (QED) is 0.681. The molecule has 1 N–H and O–H groups in total. The van der Waals surface area contributed by atoms with Gasteiger partial charge >= 0.3 is 6.09 Å². The summed E-state index contributed by atoms with van der Waals surface area (Å²) in [5.74, 6) is 2.97. The van der Waals surface area contributed by atoms with E-state index in [0.29, 0.717) is 13.2 Å². The molecule has 1 aliphatic carbocycles. The fourth-order valence-corrected chi connectivity index (χ4v) is 5.88. The van der Waals surface area contributed by atoms with Gasteiger partial charge in [0.25, 0.3) is 0 Å². The van der Waals surface area contributed by atoms with Gasteiger partial charge in [0.05, 0.1) is 19.8 Å². The Kier molecular flexibility index (Phi) is 7.74. The number of amides is 1. The highest BCUT2D eigenvalue weighted by Crippen LogP contribution is 2.35. The molecule has 1 amide bonds. The highest BCUT2D eigenvalue weighted by molar-refractivity contribution is 5.67. The van der Waals surface area contributed by atoms with Crippen molar-refractivity contribution in [1.29, 1.82) is 0 Å². The number of aromatic nitrogens is 1. The third-order valence-corrected chi connectivity index (χ3v) is 8.02. The molecule has 3 aliphatic heterocycles. The van der Waals surface area contributed by atoms with Gasteiger partial charge in [0.15, 0.2) is 0 Å². The highest BCUT2D eigenvalue weighted by atomic mass is 16.6. The zero-order valence-corrected chi connectivity index (χ0v) is 20.6. The fraction of sp³-hybridized carbons (Fsp3) is 0.769. The van der Waals surface area contributed by atoms with E-state index < -0.39 is 0 Å². The predicted molar refractivity (Wildman–Crippen MR) is 131 cm³/mol. The Morgan fingerprint density at radius 3 is 2.62 bits per heavy atom. The van der Waals surface area contributed by atoms with Crippen LogP contribution in [-0.2, 0) is 15.9 Å². The molecule has 8 nitrogen and oxygen atoms in total. The minimum Gasteiger partial charge on any atom is -0.492 e. The summed E-state index contributed by atoms with van der Waals surface area (Å²) in [6, 6.07) is 0.264. The topological polar surface area (TPSA) is 76.2 Å². The van der Waals surface area contributed by atoms with Crippen molar-refractivity contribution < 1.29 is 19.0 Å². The van der Waals surface area contributed by atoms with Crippen molar-refractivity contribution in [3.8, 4) is 5.75 Å². The summed E-state index contributed by atoms with van der Waals surface area (Å²) in [6.45, 7) is 9.69. The van der Waals surface area contributed by atoms with E-state index in [1.165, 1.54) is 31.4 Å². The van der Waals surface area contributed by atoms with E-state index in [1.54, 1.807) is 0 Å². The molecule has 1 aromatic heterocycles. The Hall–Kier alpha value is -2.06. The van der Waals surface area contributed by atoms with Crippen molar-refractivity contribution in [2.24, 2.45) is 5.92 Å². The molecule has 188 valence electrons. The molecule has 0 bridgehead atoms. The SMILES string of the molecule is Cc1cnc(N2CCN(CCC3CCC(NC(=O)OC4CCOCC4)CC3)CC2)c2c1OCC2. The molecule has 1 saturated carbocycles. The summed E-state index contributed by atoms with van der Waals surface area (Å²) in [6.07, 6.45) is 10.1. The first-order chi connectivity index (χ1) is 16.7. The van der Waals surface area contributed by atoms with Gasteiger partial charge in [-0.3, -0.25) is 4.90 Å². The van der Waals surface area contributed by atoms with Gasteiger partial charge < -0.3 is 24.4 Å². The average molecular weight is 473 g/mol. The van der Waals surface area contributed by atoms with E-state index in [2.05, 4.69) is 22.0 Å². The lowest BCUT2D eigenvalue weighted by Gasteiger charge is -2.37. The van der Waals surface area contributed by atoms with Crippen LogP contribution >= 0.6 is 0 Å². The molecule has 3 fully saturated rings.